The summed E-state index contributed by atoms with van der Waals surface area (Å²) < 4.78 is 10.7. The maximum absolute atomic E-state index is 13.1. The molecule has 146 valence electrons. The highest BCUT2D eigenvalue weighted by Crippen LogP contribution is 2.34. The zero-order chi connectivity index (χ0) is 19.4. The number of nitrogens with zero attached hydrogens (tertiary/aromatic N) is 2. The molecule has 0 unspecified atom stereocenters. The van der Waals surface area contributed by atoms with Crippen molar-refractivity contribution in [2.24, 2.45) is 5.92 Å². The van der Waals surface area contributed by atoms with Gasteiger partial charge in [0.25, 0.3) is 5.91 Å². The summed E-state index contributed by atoms with van der Waals surface area (Å²) >= 11 is 0. The molecule has 2 heterocycles. The van der Waals surface area contributed by atoms with Crippen LogP contribution in [0, 0.1) is 5.92 Å². The molecule has 2 amide bonds. The Morgan fingerprint density at radius 3 is 2.70 bits per heavy atom. The van der Waals surface area contributed by atoms with E-state index in [9.17, 15) is 14.4 Å². The van der Waals surface area contributed by atoms with Gasteiger partial charge in [0.05, 0.1) is 37.3 Å². The molecule has 0 bridgehead atoms. The lowest BCUT2D eigenvalue weighted by molar-refractivity contribution is -0.150. The molecule has 0 N–H and O–H groups in total. The van der Waals surface area contributed by atoms with Crippen LogP contribution in [0.3, 0.4) is 0 Å². The minimum Gasteiger partial charge on any atom is -0.492 e. The van der Waals surface area contributed by atoms with Gasteiger partial charge in [0.2, 0.25) is 5.91 Å². The number of ether oxygens (including phenoxy) is 2. The largest absolute Gasteiger partial charge is 0.492 e. The van der Waals surface area contributed by atoms with Crippen LogP contribution in [0.15, 0.2) is 24.3 Å². The van der Waals surface area contributed by atoms with E-state index in [0.29, 0.717) is 37.7 Å². The molecule has 1 aromatic rings. The van der Waals surface area contributed by atoms with Crippen LogP contribution in [0.4, 0.5) is 5.69 Å². The third-order valence-electron chi connectivity index (χ3n) is 5.04. The van der Waals surface area contributed by atoms with Crippen molar-refractivity contribution in [3.63, 3.8) is 0 Å². The van der Waals surface area contributed by atoms with Crippen molar-refractivity contribution in [3.05, 3.63) is 24.3 Å². The summed E-state index contributed by atoms with van der Waals surface area (Å²) in [6.45, 7) is 5.58. The van der Waals surface area contributed by atoms with Crippen molar-refractivity contribution < 1.29 is 23.9 Å². The Morgan fingerprint density at radius 2 is 1.96 bits per heavy atom. The number of hydrogen-bond donors (Lipinski definition) is 0. The van der Waals surface area contributed by atoms with Gasteiger partial charge in [0.1, 0.15) is 5.75 Å². The predicted molar refractivity (Wildman–Crippen MR) is 99.4 cm³/mol. The maximum atomic E-state index is 13.1. The molecule has 2 atom stereocenters. The minimum atomic E-state index is -0.538. The molecule has 0 radical (unpaired) electrons. The molecule has 7 heteroatoms. The summed E-state index contributed by atoms with van der Waals surface area (Å²) in [5.74, 6) is -0.443. The molecule has 0 saturated carbocycles. The summed E-state index contributed by atoms with van der Waals surface area (Å²) in [5.41, 5.74) is 0.482. The molecule has 27 heavy (non-hydrogen) atoms. The number of benzene rings is 1. The lowest BCUT2D eigenvalue weighted by Gasteiger charge is -2.34. The van der Waals surface area contributed by atoms with Gasteiger partial charge < -0.3 is 9.47 Å². The Kier molecular flexibility index (Phi) is 6.11. The van der Waals surface area contributed by atoms with Gasteiger partial charge in [-0.3, -0.25) is 19.3 Å². The molecule has 0 aliphatic carbocycles. The fourth-order valence-corrected chi connectivity index (χ4v) is 3.82. The first kappa shape index (κ1) is 19.4. The van der Waals surface area contributed by atoms with E-state index in [-0.39, 0.29) is 30.1 Å². The van der Waals surface area contributed by atoms with Crippen molar-refractivity contribution in [3.8, 4) is 5.75 Å². The number of rotatable bonds is 6. The standard InChI is InChI=1S/C20H26N2O5/c1-3-26-17-10-6-5-9-15(17)22-18(23)12-16(19(22)24)21-11-7-8-14(13-21)20(25)27-4-2/h5-6,9-10,14,16H,3-4,7-8,11-13H2,1-2H3/t14-,16+/m1/s1. The lowest BCUT2D eigenvalue weighted by Crippen LogP contribution is -2.48. The fourth-order valence-electron chi connectivity index (χ4n) is 3.82. The lowest BCUT2D eigenvalue weighted by atomic mass is 9.96. The molecule has 2 aliphatic rings. The molecule has 0 spiro atoms. The molecular weight excluding hydrogens is 348 g/mol. The highest BCUT2D eigenvalue weighted by molar-refractivity contribution is 6.23. The normalized spacial score (nSPS) is 23.6. The summed E-state index contributed by atoms with van der Waals surface area (Å²) in [5, 5.41) is 0. The smallest absolute Gasteiger partial charge is 0.310 e. The Labute approximate surface area is 159 Å². The molecule has 0 aromatic heterocycles. The van der Waals surface area contributed by atoms with Crippen molar-refractivity contribution in [2.75, 3.05) is 31.2 Å². The second-order valence-corrected chi connectivity index (χ2v) is 6.77. The Morgan fingerprint density at radius 1 is 1.19 bits per heavy atom. The van der Waals surface area contributed by atoms with Crippen molar-refractivity contribution in [1.82, 2.24) is 4.90 Å². The average molecular weight is 374 g/mol. The van der Waals surface area contributed by atoms with E-state index in [4.69, 9.17) is 9.47 Å². The van der Waals surface area contributed by atoms with Gasteiger partial charge in [-0.25, -0.2) is 4.90 Å². The van der Waals surface area contributed by atoms with Crippen LogP contribution in [0.2, 0.25) is 0 Å². The van der Waals surface area contributed by atoms with Crippen LogP contribution in [0.25, 0.3) is 0 Å². The molecular formula is C20H26N2O5. The first-order valence-electron chi connectivity index (χ1n) is 9.56. The molecule has 2 saturated heterocycles. The van der Waals surface area contributed by atoms with E-state index in [1.807, 2.05) is 17.9 Å². The number of carbonyl (C=O) groups excluding carboxylic acids is 3. The van der Waals surface area contributed by atoms with Crippen LogP contribution < -0.4 is 9.64 Å². The van der Waals surface area contributed by atoms with Crippen LogP contribution in [-0.4, -0.2) is 55.0 Å². The molecule has 3 rings (SSSR count). The number of carbonyl (C=O) groups is 3. The van der Waals surface area contributed by atoms with Gasteiger partial charge in [0.15, 0.2) is 0 Å². The van der Waals surface area contributed by atoms with Crippen molar-refractivity contribution >= 4 is 23.5 Å². The van der Waals surface area contributed by atoms with Gasteiger partial charge in [-0.2, -0.15) is 0 Å². The van der Waals surface area contributed by atoms with Crippen molar-refractivity contribution in [2.45, 2.75) is 39.2 Å². The molecule has 1 aromatic carbocycles. The minimum absolute atomic E-state index is 0.120. The maximum Gasteiger partial charge on any atom is 0.310 e. The van der Waals surface area contributed by atoms with Gasteiger partial charge in [-0.1, -0.05) is 12.1 Å². The van der Waals surface area contributed by atoms with E-state index < -0.39 is 6.04 Å². The first-order valence-corrected chi connectivity index (χ1v) is 9.56. The topological polar surface area (TPSA) is 76.2 Å². The third kappa shape index (κ3) is 3.98. The molecule has 2 fully saturated rings. The third-order valence-corrected chi connectivity index (χ3v) is 5.04. The van der Waals surface area contributed by atoms with Gasteiger partial charge in [0, 0.05) is 6.54 Å². The van der Waals surface area contributed by atoms with E-state index in [1.54, 1.807) is 25.1 Å². The average Bonchev–Trinajstić information content (AvgIpc) is 2.97. The number of hydrogen-bond acceptors (Lipinski definition) is 6. The Hall–Kier alpha value is -2.41. The second kappa shape index (κ2) is 8.52. The number of piperidine rings is 1. The predicted octanol–water partition coefficient (Wildman–Crippen LogP) is 1.99. The Bertz CT molecular complexity index is 720. The number of imide groups is 1. The first-order chi connectivity index (χ1) is 13.1. The summed E-state index contributed by atoms with van der Waals surface area (Å²) in [4.78, 5) is 41.0. The zero-order valence-corrected chi connectivity index (χ0v) is 15.8. The quantitative estimate of drug-likeness (QED) is 0.560. The van der Waals surface area contributed by atoms with Crippen LogP contribution in [0.1, 0.15) is 33.1 Å². The highest BCUT2D eigenvalue weighted by Gasteiger charge is 2.45. The number of amides is 2. The summed E-state index contributed by atoms with van der Waals surface area (Å²) in [6, 6.07) is 6.53. The molecule has 2 aliphatic heterocycles. The number of para-hydroxylation sites is 2. The zero-order valence-electron chi connectivity index (χ0n) is 15.8. The SMILES string of the molecule is CCOC(=O)[C@@H]1CCCN([C@H]2CC(=O)N(c3ccccc3OCC)C2=O)C1. The van der Waals surface area contributed by atoms with Gasteiger partial charge in [-0.15, -0.1) is 0 Å². The number of anilines is 1. The van der Waals surface area contributed by atoms with Crippen LogP contribution in [0.5, 0.6) is 5.75 Å². The molecule has 7 nitrogen and oxygen atoms in total. The van der Waals surface area contributed by atoms with Crippen LogP contribution >= 0.6 is 0 Å². The van der Waals surface area contributed by atoms with Gasteiger partial charge in [-0.05, 0) is 45.4 Å². The highest BCUT2D eigenvalue weighted by atomic mass is 16.5. The number of likely N-dealkylation sites (tertiary alicyclic amines) is 1. The van der Waals surface area contributed by atoms with E-state index in [0.717, 1.165) is 12.8 Å². The van der Waals surface area contributed by atoms with Crippen LogP contribution in [-0.2, 0) is 19.1 Å². The van der Waals surface area contributed by atoms with E-state index in [2.05, 4.69) is 0 Å². The summed E-state index contributed by atoms with van der Waals surface area (Å²) in [7, 11) is 0. The fraction of sp³-hybridized carbons (Fsp3) is 0.550. The monoisotopic (exact) mass is 374 g/mol. The van der Waals surface area contributed by atoms with Crippen molar-refractivity contribution in [1.29, 1.82) is 0 Å². The van der Waals surface area contributed by atoms with E-state index >= 15 is 0 Å². The van der Waals surface area contributed by atoms with E-state index in [1.165, 1.54) is 4.90 Å². The second-order valence-electron chi connectivity index (χ2n) is 6.77. The van der Waals surface area contributed by atoms with Gasteiger partial charge >= 0.3 is 5.97 Å². The number of esters is 1. The Balaban J connectivity index is 1.77. The summed E-state index contributed by atoms with van der Waals surface area (Å²) in [6.07, 6.45) is 1.67.